The lowest BCUT2D eigenvalue weighted by atomic mass is 9.98. The lowest BCUT2D eigenvalue weighted by molar-refractivity contribution is 1.07. The molecule has 7 rings (SSSR count). The molecule has 1 aromatic heterocycles. The number of hydrogen-bond donors (Lipinski definition) is 0. The van der Waals surface area contributed by atoms with Gasteiger partial charge in [-0.25, -0.2) is 4.98 Å². The molecule has 0 saturated carbocycles. The van der Waals surface area contributed by atoms with E-state index in [1.807, 2.05) is 18.2 Å². The highest BCUT2D eigenvalue weighted by Gasteiger charge is 2.13. The summed E-state index contributed by atoms with van der Waals surface area (Å²) >= 11 is 6.46. The van der Waals surface area contributed by atoms with Crippen molar-refractivity contribution >= 4 is 43.9 Å². The Morgan fingerprint density at radius 2 is 1.08 bits per heavy atom. The molecule has 1 heterocycles. The van der Waals surface area contributed by atoms with Crippen LogP contribution in [-0.4, -0.2) is 15.0 Å². The summed E-state index contributed by atoms with van der Waals surface area (Å²) in [6, 6.07) is 42.0. The molecule has 174 valence electrons. The van der Waals surface area contributed by atoms with E-state index in [9.17, 15) is 0 Å². The van der Waals surface area contributed by atoms with Crippen molar-refractivity contribution in [3.63, 3.8) is 0 Å². The van der Waals surface area contributed by atoms with Crippen LogP contribution in [0.5, 0.6) is 0 Å². The van der Waals surface area contributed by atoms with Gasteiger partial charge in [-0.2, -0.15) is 9.97 Å². The second-order valence-corrected chi connectivity index (χ2v) is 9.42. The number of rotatable bonds is 3. The van der Waals surface area contributed by atoms with Crippen LogP contribution in [0.25, 0.3) is 66.2 Å². The molecule has 6 aromatic carbocycles. The Kier molecular flexibility index (Phi) is 5.16. The lowest BCUT2D eigenvalue weighted by Crippen LogP contribution is -1.98. The Bertz CT molecular complexity index is 1950. The molecular weight excluding hydrogens is 474 g/mol. The van der Waals surface area contributed by atoms with Gasteiger partial charge in [-0.3, -0.25) is 0 Å². The molecule has 0 N–H and O–H groups in total. The van der Waals surface area contributed by atoms with Crippen molar-refractivity contribution in [1.29, 1.82) is 0 Å². The fourth-order valence-corrected chi connectivity index (χ4v) is 5.19. The predicted molar refractivity (Wildman–Crippen MR) is 154 cm³/mol. The molecule has 0 spiro atoms. The van der Waals surface area contributed by atoms with E-state index in [2.05, 4.69) is 113 Å². The highest BCUT2D eigenvalue weighted by atomic mass is 35.5. The fourth-order valence-electron chi connectivity index (χ4n) is 5.03. The van der Waals surface area contributed by atoms with Gasteiger partial charge in [0.1, 0.15) is 0 Å². The summed E-state index contributed by atoms with van der Waals surface area (Å²) < 4.78 is 0. The second-order valence-electron chi connectivity index (χ2n) is 9.08. The number of halogens is 1. The van der Waals surface area contributed by atoms with Crippen LogP contribution in [0.3, 0.4) is 0 Å². The van der Waals surface area contributed by atoms with Gasteiger partial charge < -0.3 is 0 Å². The first-order chi connectivity index (χ1) is 18.2. The number of hydrogen-bond acceptors (Lipinski definition) is 3. The zero-order chi connectivity index (χ0) is 24.8. The summed E-state index contributed by atoms with van der Waals surface area (Å²) in [5, 5.41) is 7.14. The third-order valence-corrected chi connectivity index (χ3v) is 7.01. The van der Waals surface area contributed by atoms with Crippen LogP contribution in [0.1, 0.15) is 0 Å². The van der Waals surface area contributed by atoms with Crippen LogP contribution in [0.15, 0.2) is 121 Å². The van der Waals surface area contributed by atoms with E-state index < -0.39 is 0 Å². The molecule has 7 aromatic rings. The molecule has 0 aliphatic heterocycles. The lowest BCUT2D eigenvalue weighted by Gasteiger charge is -2.10. The van der Waals surface area contributed by atoms with Crippen molar-refractivity contribution in [2.75, 3.05) is 0 Å². The standard InChI is InChI=1S/C33H20ClN3/c34-33-36-31(26-17-18-28-25(19-26)16-14-22-9-4-5-11-27(22)28)35-32(37-33)29-12-6-10-23-13-15-24(20-30(23)29)21-7-2-1-3-8-21/h1-20H. The first kappa shape index (κ1) is 21.7. The van der Waals surface area contributed by atoms with E-state index in [-0.39, 0.29) is 5.28 Å². The Morgan fingerprint density at radius 1 is 0.405 bits per heavy atom. The smallest absolute Gasteiger partial charge is 0.208 e. The first-order valence-electron chi connectivity index (χ1n) is 12.1. The molecule has 3 nitrogen and oxygen atoms in total. The maximum atomic E-state index is 6.46. The van der Waals surface area contributed by atoms with Crippen molar-refractivity contribution in [3.8, 4) is 33.9 Å². The molecule has 0 aliphatic carbocycles. The minimum absolute atomic E-state index is 0.176. The van der Waals surface area contributed by atoms with E-state index in [0.717, 1.165) is 38.4 Å². The zero-order valence-electron chi connectivity index (χ0n) is 19.8. The van der Waals surface area contributed by atoms with E-state index in [4.69, 9.17) is 16.6 Å². The molecule has 37 heavy (non-hydrogen) atoms. The highest BCUT2D eigenvalue weighted by Crippen LogP contribution is 2.33. The molecule has 0 unspecified atom stereocenters. The van der Waals surface area contributed by atoms with Crippen molar-refractivity contribution in [2.45, 2.75) is 0 Å². The van der Waals surface area contributed by atoms with Crippen molar-refractivity contribution < 1.29 is 0 Å². The molecule has 0 bridgehead atoms. The van der Waals surface area contributed by atoms with Crippen LogP contribution < -0.4 is 0 Å². The Morgan fingerprint density at radius 3 is 2.00 bits per heavy atom. The number of fused-ring (bicyclic) bond motifs is 4. The van der Waals surface area contributed by atoms with E-state index in [1.165, 1.54) is 16.2 Å². The Labute approximate surface area is 219 Å². The number of aromatic nitrogens is 3. The third-order valence-electron chi connectivity index (χ3n) is 6.84. The molecule has 0 atom stereocenters. The van der Waals surface area contributed by atoms with Crippen LogP contribution in [-0.2, 0) is 0 Å². The number of nitrogens with zero attached hydrogens (tertiary/aromatic N) is 3. The number of benzene rings is 6. The van der Waals surface area contributed by atoms with E-state index >= 15 is 0 Å². The van der Waals surface area contributed by atoms with Gasteiger partial charge in [0.15, 0.2) is 11.6 Å². The largest absolute Gasteiger partial charge is 0.226 e. The van der Waals surface area contributed by atoms with Gasteiger partial charge in [0, 0.05) is 11.1 Å². The van der Waals surface area contributed by atoms with Crippen LogP contribution in [0, 0.1) is 0 Å². The van der Waals surface area contributed by atoms with Gasteiger partial charge >= 0.3 is 0 Å². The third kappa shape index (κ3) is 3.90. The SMILES string of the molecule is Clc1nc(-c2ccc3c(ccc4ccccc43)c2)nc(-c2cccc3ccc(-c4ccccc4)cc23)n1. The molecule has 0 fully saturated rings. The summed E-state index contributed by atoms with van der Waals surface area (Å²) in [5.74, 6) is 1.12. The summed E-state index contributed by atoms with van der Waals surface area (Å²) in [5.41, 5.74) is 4.13. The Balaban J connectivity index is 1.37. The van der Waals surface area contributed by atoms with E-state index in [0.29, 0.717) is 11.6 Å². The molecule has 4 heteroatoms. The topological polar surface area (TPSA) is 38.7 Å². The van der Waals surface area contributed by atoms with Crippen LogP contribution >= 0.6 is 11.6 Å². The van der Waals surface area contributed by atoms with Crippen molar-refractivity contribution in [1.82, 2.24) is 15.0 Å². The summed E-state index contributed by atoms with van der Waals surface area (Å²) in [7, 11) is 0. The van der Waals surface area contributed by atoms with Crippen LogP contribution in [0.2, 0.25) is 5.28 Å². The normalized spacial score (nSPS) is 11.4. The maximum Gasteiger partial charge on any atom is 0.226 e. The summed E-state index contributed by atoms with van der Waals surface area (Å²) in [6.45, 7) is 0. The van der Waals surface area contributed by atoms with E-state index in [1.54, 1.807) is 0 Å². The average Bonchev–Trinajstić information content (AvgIpc) is 2.96. The van der Waals surface area contributed by atoms with Gasteiger partial charge in [0.05, 0.1) is 0 Å². The van der Waals surface area contributed by atoms with Crippen molar-refractivity contribution in [3.05, 3.63) is 127 Å². The highest BCUT2D eigenvalue weighted by molar-refractivity contribution is 6.28. The average molecular weight is 494 g/mol. The second kappa shape index (κ2) is 8.81. The van der Waals surface area contributed by atoms with Crippen molar-refractivity contribution in [2.24, 2.45) is 0 Å². The first-order valence-corrected chi connectivity index (χ1v) is 12.5. The Hall–Kier alpha value is -4.60. The molecular formula is C33H20ClN3. The van der Waals surface area contributed by atoms with Crippen LogP contribution in [0.4, 0.5) is 0 Å². The monoisotopic (exact) mass is 493 g/mol. The predicted octanol–water partition coefficient (Wildman–Crippen LogP) is 8.99. The molecule has 0 amide bonds. The summed E-state index contributed by atoms with van der Waals surface area (Å²) in [6.07, 6.45) is 0. The fraction of sp³-hybridized carbons (Fsp3) is 0. The molecule has 0 aliphatic rings. The minimum atomic E-state index is 0.176. The van der Waals surface area contributed by atoms with Gasteiger partial charge in [0.25, 0.3) is 0 Å². The maximum absolute atomic E-state index is 6.46. The molecule has 0 saturated heterocycles. The van der Waals surface area contributed by atoms with Gasteiger partial charge in [-0.05, 0) is 67.2 Å². The molecule has 0 radical (unpaired) electrons. The summed E-state index contributed by atoms with van der Waals surface area (Å²) in [4.78, 5) is 13.9. The minimum Gasteiger partial charge on any atom is -0.208 e. The quantitative estimate of drug-likeness (QED) is 0.230. The van der Waals surface area contributed by atoms with Gasteiger partial charge in [-0.1, -0.05) is 109 Å². The van der Waals surface area contributed by atoms with Gasteiger partial charge in [0.2, 0.25) is 5.28 Å². The zero-order valence-corrected chi connectivity index (χ0v) is 20.5. The van der Waals surface area contributed by atoms with Gasteiger partial charge in [-0.15, -0.1) is 0 Å².